The number of nitrogens with two attached hydrogens (primary N) is 1. The van der Waals surface area contributed by atoms with Crippen LogP contribution in [0.1, 0.15) is 298 Å². The summed E-state index contributed by atoms with van der Waals surface area (Å²) >= 11 is 0. The van der Waals surface area contributed by atoms with E-state index in [-0.39, 0.29) is 5.91 Å². The quantitative estimate of drug-likeness (QED) is 0.0874. The van der Waals surface area contributed by atoms with Crippen LogP contribution in [0.5, 0.6) is 0 Å². The van der Waals surface area contributed by atoms with Gasteiger partial charge >= 0.3 is 0 Å². The van der Waals surface area contributed by atoms with E-state index >= 15 is 0 Å². The minimum absolute atomic E-state index is 0.111. The molecular weight excluding hydrogens is 681 g/mol. The topological polar surface area (TPSA) is 55.1 Å². The van der Waals surface area contributed by atoms with E-state index in [9.17, 15) is 4.79 Å². The van der Waals surface area contributed by atoms with Gasteiger partial charge in [0.2, 0.25) is 5.91 Å². The van der Waals surface area contributed by atoms with Crippen molar-refractivity contribution in [1.82, 2.24) is 5.32 Å². The van der Waals surface area contributed by atoms with Gasteiger partial charge in [0.25, 0.3) is 0 Å². The van der Waals surface area contributed by atoms with Crippen LogP contribution in [0.15, 0.2) is 24.8 Å². The molecule has 0 saturated heterocycles. The highest BCUT2D eigenvalue weighted by Crippen LogP contribution is 2.24. The summed E-state index contributed by atoms with van der Waals surface area (Å²) < 4.78 is 0. The first-order chi connectivity index (χ1) is 26.9. The monoisotopic (exact) mass is 803 g/mol. The Balaban J connectivity index is -0.0000000741. The van der Waals surface area contributed by atoms with Crippen LogP contribution < -0.4 is 11.1 Å². The molecular formula is C53H122N2O. The molecule has 0 radical (unpaired) electrons. The van der Waals surface area contributed by atoms with Gasteiger partial charge in [0.1, 0.15) is 0 Å². The second kappa shape index (κ2) is 105. The number of nitrogens with one attached hydrogen (secondary N) is 1. The predicted octanol–water partition coefficient (Wildman–Crippen LogP) is 19.8. The van der Waals surface area contributed by atoms with E-state index in [0.29, 0.717) is 6.04 Å². The Morgan fingerprint density at radius 2 is 0.768 bits per heavy atom. The Bertz CT molecular complexity index is 508. The molecule has 3 N–H and O–H groups in total. The summed E-state index contributed by atoms with van der Waals surface area (Å²) in [4.78, 5) is 11.9. The van der Waals surface area contributed by atoms with Gasteiger partial charge in [0.15, 0.2) is 0 Å². The third kappa shape index (κ3) is 159. The zero-order valence-electron chi connectivity index (χ0n) is 44.0. The van der Waals surface area contributed by atoms with Crippen LogP contribution >= 0.6 is 0 Å². The maximum Gasteiger partial charge on any atom is 0.243 e. The third-order valence-electron chi connectivity index (χ3n) is 6.03. The molecule has 1 fully saturated rings. The Hall–Kier alpha value is -1.09. The van der Waals surface area contributed by atoms with E-state index in [1.807, 2.05) is 6.92 Å². The lowest BCUT2D eigenvalue weighted by Gasteiger charge is -2.09. The van der Waals surface area contributed by atoms with Crippen LogP contribution in [-0.4, -0.2) is 19.0 Å². The first-order valence-corrected chi connectivity index (χ1v) is 25.1. The molecule has 0 aliphatic heterocycles. The first kappa shape index (κ1) is 79.1. The summed E-state index contributed by atoms with van der Waals surface area (Å²) in [5, 5.41) is 3.14. The lowest BCUT2D eigenvalue weighted by Crippen LogP contribution is -2.31. The molecule has 0 unspecified atom stereocenters. The predicted molar refractivity (Wildman–Crippen MR) is 273 cm³/mol. The SMILES string of the molecule is C=CC.CCC.CCC.CCC.CCC.CCC.CCC.CCC.CCC.CCCCCCCCCCCCCCCC/C=C/C(=O)N[C@@H]1CC[C@H](C)C1.CN. The Kier molecular flexibility index (Phi) is 148. The van der Waals surface area contributed by atoms with Crippen molar-refractivity contribution in [3.8, 4) is 0 Å². The standard InChI is InChI=1S/C25H47NO.8C3H8.C3H6.CH5N/c1-3-4-5-6-7-8-9-10-11-12-13-14-15-16-17-18-19-25(27)26-24-21-20-23(2)22-24;9*1-3-2;1-2/h18-19,23-24H,3-17,20-22H2,1-2H3,(H,26,27);8*3H2,1-2H3;3H,1H2,2H3;2H2,1H3/b19-18+;;;;;;;;;;/t23-,24+;;;;;;;;;;/m0........../s1. The molecule has 2 atom stereocenters. The summed E-state index contributed by atoms with van der Waals surface area (Å²) in [6, 6.07) is 0.415. The largest absolute Gasteiger partial charge is 0.350 e. The van der Waals surface area contributed by atoms with Gasteiger partial charge in [-0.15, -0.1) is 6.58 Å². The molecule has 1 saturated carbocycles. The lowest BCUT2D eigenvalue weighted by molar-refractivity contribution is -0.117. The molecule has 3 heteroatoms. The number of rotatable bonds is 17. The van der Waals surface area contributed by atoms with Gasteiger partial charge in [-0.1, -0.05) is 272 Å². The number of carbonyl (C=O) groups is 1. The zero-order chi connectivity index (χ0) is 45.9. The summed E-state index contributed by atoms with van der Waals surface area (Å²) in [7, 11) is 1.50. The normalized spacial score (nSPS) is 12.4. The Morgan fingerprint density at radius 3 is 1.00 bits per heavy atom. The van der Waals surface area contributed by atoms with Crippen molar-refractivity contribution in [3.63, 3.8) is 0 Å². The van der Waals surface area contributed by atoms with E-state index in [4.69, 9.17) is 0 Å². The van der Waals surface area contributed by atoms with Gasteiger partial charge in [0, 0.05) is 6.04 Å². The lowest BCUT2D eigenvalue weighted by atomic mass is 10.0. The second-order valence-electron chi connectivity index (χ2n) is 15.0. The van der Waals surface area contributed by atoms with Crippen molar-refractivity contribution in [3.05, 3.63) is 24.8 Å². The molecule has 1 amide bonds. The van der Waals surface area contributed by atoms with E-state index in [1.165, 1.54) is 155 Å². The van der Waals surface area contributed by atoms with Crippen LogP contribution in [0.4, 0.5) is 0 Å². The zero-order valence-corrected chi connectivity index (χ0v) is 44.0. The van der Waals surface area contributed by atoms with E-state index in [0.717, 1.165) is 25.2 Å². The first-order valence-electron chi connectivity index (χ1n) is 25.1. The molecule has 0 aromatic rings. The van der Waals surface area contributed by atoms with Gasteiger partial charge in [0.05, 0.1) is 0 Å². The summed E-state index contributed by atoms with van der Waals surface area (Å²) in [6.45, 7) is 43.8. The Morgan fingerprint density at radius 1 is 0.518 bits per heavy atom. The van der Waals surface area contributed by atoms with Gasteiger partial charge < -0.3 is 11.1 Å². The van der Waals surface area contributed by atoms with Crippen molar-refractivity contribution < 1.29 is 4.79 Å². The van der Waals surface area contributed by atoms with Crippen molar-refractivity contribution in [2.45, 2.75) is 305 Å². The third-order valence-corrected chi connectivity index (χ3v) is 6.03. The highest BCUT2D eigenvalue weighted by Gasteiger charge is 2.21. The smallest absolute Gasteiger partial charge is 0.243 e. The van der Waals surface area contributed by atoms with Crippen molar-refractivity contribution >= 4 is 5.91 Å². The average molecular weight is 804 g/mol. The van der Waals surface area contributed by atoms with Crippen LogP contribution in [0.2, 0.25) is 0 Å². The highest BCUT2D eigenvalue weighted by molar-refractivity contribution is 5.87. The molecule has 0 aromatic heterocycles. The fourth-order valence-corrected chi connectivity index (χ4v) is 4.23. The molecule has 0 spiro atoms. The summed E-state index contributed by atoms with van der Waals surface area (Å²) in [5.74, 6) is 0.884. The van der Waals surface area contributed by atoms with Crippen LogP contribution in [0.3, 0.4) is 0 Å². The number of carbonyl (C=O) groups excluding carboxylic acids is 1. The number of hydrogen-bond donors (Lipinski definition) is 2. The number of hydrogen-bond acceptors (Lipinski definition) is 2. The molecule has 0 bridgehead atoms. The molecule has 3 nitrogen and oxygen atoms in total. The molecule has 350 valence electrons. The van der Waals surface area contributed by atoms with Crippen LogP contribution in [-0.2, 0) is 4.79 Å². The van der Waals surface area contributed by atoms with Crippen molar-refractivity contribution in [2.75, 3.05) is 7.05 Å². The van der Waals surface area contributed by atoms with Crippen LogP contribution in [0, 0.1) is 5.92 Å². The highest BCUT2D eigenvalue weighted by atomic mass is 16.1. The molecule has 56 heavy (non-hydrogen) atoms. The Labute approximate surface area is 362 Å². The maximum absolute atomic E-state index is 11.9. The van der Waals surface area contributed by atoms with Crippen molar-refractivity contribution in [2.24, 2.45) is 11.7 Å². The maximum atomic E-state index is 11.9. The van der Waals surface area contributed by atoms with Gasteiger partial charge in [-0.25, -0.2) is 0 Å². The van der Waals surface area contributed by atoms with E-state index in [1.54, 1.807) is 12.2 Å². The molecule has 0 heterocycles. The molecule has 1 aliphatic carbocycles. The average Bonchev–Trinajstić information content (AvgIpc) is 3.56. The number of unbranched alkanes of at least 4 members (excludes halogenated alkanes) is 14. The molecule has 1 rings (SSSR count). The minimum Gasteiger partial charge on any atom is -0.350 e. The fourth-order valence-electron chi connectivity index (χ4n) is 4.23. The van der Waals surface area contributed by atoms with E-state index < -0.39 is 0 Å². The summed E-state index contributed by atoms with van der Waals surface area (Å²) in [6.07, 6.45) is 39.7. The number of allylic oxidation sites excluding steroid dienone is 2. The summed E-state index contributed by atoms with van der Waals surface area (Å²) in [5.41, 5.74) is 4.50. The van der Waals surface area contributed by atoms with Crippen molar-refractivity contribution in [1.29, 1.82) is 0 Å². The van der Waals surface area contributed by atoms with E-state index in [2.05, 4.69) is 148 Å². The second-order valence-corrected chi connectivity index (χ2v) is 15.0. The number of amides is 1. The van der Waals surface area contributed by atoms with Crippen LogP contribution in [0.25, 0.3) is 0 Å². The fraction of sp³-hybridized carbons (Fsp3) is 0.906. The molecule has 0 aromatic carbocycles. The van der Waals surface area contributed by atoms with Gasteiger partial charge in [-0.2, -0.15) is 0 Å². The van der Waals surface area contributed by atoms with Gasteiger partial charge in [-0.3, -0.25) is 4.79 Å². The van der Waals surface area contributed by atoms with Gasteiger partial charge in [-0.05, 0) is 58.1 Å². The molecule has 1 aliphatic rings. The minimum atomic E-state index is 0.111.